The highest BCUT2D eigenvalue weighted by Gasteiger charge is 2.25. The van der Waals surface area contributed by atoms with Crippen molar-refractivity contribution in [2.45, 2.75) is 52.1 Å². The second-order valence-electron chi connectivity index (χ2n) is 6.58. The van der Waals surface area contributed by atoms with Crippen LogP contribution in [0.25, 0.3) is 0 Å². The lowest BCUT2D eigenvalue weighted by molar-refractivity contribution is -0.114. The van der Waals surface area contributed by atoms with E-state index >= 15 is 0 Å². The SMILES string of the molecule is CC(=O)Nc1ccc(CN2CCCCC[C@H]2c2cc(C)no2)cc1. The van der Waals surface area contributed by atoms with Crippen molar-refractivity contribution < 1.29 is 9.32 Å². The van der Waals surface area contributed by atoms with Crippen molar-refractivity contribution in [3.8, 4) is 0 Å². The number of likely N-dealkylation sites (tertiary alicyclic amines) is 1. The summed E-state index contributed by atoms with van der Waals surface area (Å²) in [6, 6.07) is 10.4. The fraction of sp³-hybridized carbons (Fsp3) is 0.474. The van der Waals surface area contributed by atoms with E-state index in [0.717, 1.165) is 36.7 Å². The fourth-order valence-electron chi connectivity index (χ4n) is 3.35. The van der Waals surface area contributed by atoms with Crippen molar-refractivity contribution in [2.24, 2.45) is 0 Å². The Hall–Kier alpha value is -2.14. The Morgan fingerprint density at radius 3 is 2.75 bits per heavy atom. The van der Waals surface area contributed by atoms with Crippen LogP contribution < -0.4 is 5.32 Å². The van der Waals surface area contributed by atoms with Gasteiger partial charge in [-0.2, -0.15) is 0 Å². The van der Waals surface area contributed by atoms with E-state index in [1.54, 1.807) is 0 Å². The number of hydrogen-bond donors (Lipinski definition) is 1. The second-order valence-corrected chi connectivity index (χ2v) is 6.58. The molecule has 1 saturated heterocycles. The van der Waals surface area contributed by atoms with Gasteiger partial charge in [-0.25, -0.2) is 0 Å². The molecule has 0 saturated carbocycles. The van der Waals surface area contributed by atoms with E-state index in [4.69, 9.17) is 4.52 Å². The number of anilines is 1. The van der Waals surface area contributed by atoms with E-state index in [0.29, 0.717) is 6.04 Å². The van der Waals surface area contributed by atoms with Gasteiger partial charge in [-0.1, -0.05) is 30.1 Å². The number of nitrogens with one attached hydrogen (secondary N) is 1. The molecule has 1 N–H and O–H groups in total. The summed E-state index contributed by atoms with van der Waals surface area (Å²) in [7, 11) is 0. The van der Waals surface area contributed by atoms with Crippen LogP contribution in [-0.4, -0.2) is 22.5 Å². The number of aryl methyl sites for hydroxylation is 1. The van der Waals surface area contributed by atoms with E-state index in [2.05, 4.69) is 33.6 Å². The van der Waals surface area contributed by atoms with Crippen molar-refractivity contribution in [3.63, 3.8) is 0 Å². The molecule has 2 aromatic rings. The Bertz CT molecular complexity index is 678. The predicted octanol–water partition coefficient (Wildman–Crippen LogP) is 4.06. The zero-order chi connectivity index (χ0) is 16.9. The van der Waals surface area contributed by atoms with Crippen LogP contribution in [0, 0.1) is 6.92 Å². The van der Waals surface area contributed by atoms with Gasteiger partial charge < -0.3 is 9.84 Å². The van der Waals surface area contributed by atoms with Crippen LogP contribution in [0.15, 0.2) is 34.9 Å². The number of carbonyl (C=O) groups excluding carboxylic acids is 1. The number of aromatic nitrogens is 1. The van der Waals surface area contributed by atoms with Crippen LogP contribution in [0.5, 0.6) is 0 Å². The van der Waals surface area contributed by atoms with Gasteiger partial charge in [0.25, 0.3) is 0 Å². The minimum atomic E-state index is -0.0454. The van der Waals surface area contributed by atoms with Gasteiger partial charge in [0, 0.05) is 25.2 Å². The topological polar surface area (TPSA) is 58.4 Å². The molecule has 2 heterocycles. The highest BCUT2D eigenvalue weighted by molar-refractivity contribution is 5.88. The lowest BCUT2D eigenvalue weighted by Gasteiger charge is -2.28. The zero-order valence-corrected chi connectivity index (χ0v) is 14.4. The second kappa shape index (κ2) is 7.62. The molecule has 0 aliphatic carbocycles. The monoisotopic (exact) mass is 327 g/mol. The first-order chi connectivity index (χ1) is 11.6. The Kier molecular flexibility index (Phi) is 5.30. The maximum Gasteiger partial charge on any atom is 0.221 e. The van der Waals surface area contributed by atoms with Gasteiger partial charge in [0.2, 0.25) is 5.91 Å². The zero-order valence-electron chi connectivity index (χ0n) is 14.4. The summed E-state index contributed by atoms with van der Waals surface area (Å²) in [6.07, 6.45) is 4.82. The van der Waals surface area contributed by atoms with Crippen LogP contribution in [-0.2, 0) is 11.3 Å². The largest absolute Gasteiger partial charge is 0.359 e. The maximum atomic E-state index is 11.1. The molecule has 1 fully saturated rings. The Balaban J connectivity index is 1.73. The van der Waals surface area contributed by atoms with Gasteiger partial charge in [-0.05, 0) is 44.0 Å². The summed E-state index contributed by atoms with van der Waals surface area (Å²) in [6.45, 7) is 5.44. The summed E-state index contributed by atoms with van der Waals surface area (Å²) in [5.41, 5.74) is 3.02. The third kappa shape index (κ3) is 4.23. The lowest BCUT2D eigenvalue weighted by Crippen LogP contribution is -2.28. The minimum absolute atomic E-state index is 0.0454. The van der Waals surface area contributed by atoms with Crippen molar-refractivity contribution in [1.29, 1.82) is 0 Å². The molecule has 1 aromatic carbocycles. The molecule has 0 bridgehead atoms. The van der Waals surface area contributed by atoms with Gasteiger partial charge in [-0.15, -0.1) is 0 Å². The minimum Gasteiger partial charge on any atom is -0.359 e. The van der Waals surface area contributed by atoms with Crippen LogP contribution in [0.2, 0.25) is 0 Å². The molecule has 24 heavy (non-hydrogen) atoms. The molecule has 0 unspecified atom stereocenters. The Labute approximate surface area is 143 Å². The van der Waals surface area contributed by atoms with E-state index in [1.165, 1.54) is 31.7 Å². The summed E-state index contributed by atoms with van der Waals surface area (Å²) < 4.78 is 5.55. The first kappa shape index (κ1) is 16.7. The molecule has 0 radical (unpaired) electrons. The molecule has 1 aromatic heterocycles. The van der Waals surface area contributed by atoms with Crippen LogP contribution >= 0.6 is 0 Å². The van der Waals surface area contributed by atoms with E-state index in [-0.39, 0.29) is 5.91 Å². The molecule has 128 valence electrons. The van der Waals surface area contributed by atoms with E-state index < -0.39 is 0 Å². The van der Waals surface area contributed by atoms with Crippen molar-refractivity contribution in [2.75, 3.05) is 11.9 Å². The lowest BCUT2D eigenvalue weighted by atomic mass is 10.1. The average Bonchev–Trinajstić information content (AvgIpc) is 2.84. The summed E-state index contributed by atoms with van der Waals surface area (Å²) in [4.78, 5) is 13.6. The standard InChI is InChI=1S/C19H25N3O2/c1-14-12-19(24-21-14)18-6-4-3-5-11-22(18)13-16-7-9-17(10-8-16)20-15(2)23/h7-10,12,18H,3-6,11,13H2,1-2H3,(H,20,23)/t18-/m0/s1. The smallest absolute Gasteiger partial charge is 0.221 e. The van der Waals surface area contributed by atoms with Gasteiger partial charge in [0.05, 0.1) is 11.7 Å². The summed E-state index contributed by atoms with van der Waals surface area (Å²) in [5, 5.41) is 6.87. The van der Waals surface area contributed by atoms with Crippen molar-refractivity contribution >= 4 is 11.6 Å². The summed E-state index contributed by atoms with van der Waals surface area (Å²) >= 11 is 0. The van der Waals surface area contributed by atoms with Gasteiger partial charge in [-0.3, -0.25) is 9.69 Å². The number of amides is 1. The number of carbonyl (C=O) groups is 1. The quantitative estimate of drug-likeness (QED) is 0.920. The average molecular weight is 327 g/mol. The number of hydrogen-bond acceptors (Lipinski definition) is 4. The van der Waals surface area contributed by atoms with Crippen LogP contribution in [0.4, 0.5) is 5.69 Å². The number of rotatable bonds is 4. The van der Waals surface area contributed by atoms with Gasteiger partial charge >= 0.3 is 0 Å². The number of benzene rings is 1. The molecule has 5 nitrogen and oxygen atoms in total. The summed E-state index contributed by atoms with van der Waals surface area (Å²) in [5.74, 6) is 0.931. The molecule has 0 spiro atoms. The normalized spacial score (nSPS) is 19.0. The third-order valence-corrected chi connectivity index (χ3v) is 4.50. The molecule has 5 heteroatoms. The molecule has 3 rings (SSSR count). The third-order valence-electron chi connectivity index (χ3n) is 4.50. The van der Waals surface area contributed by atoms with E-state index in [9.17, 15) is 4.79 Å². The predicted molar refractivity (Wildman–Crippen MR) is 93.6 cm³/mol. The van der Waals surface area contributed by atoms with Crippen LogP contribution in [0.1, 0.15) is 55.7 Å². The molecule has 1 atom stereocenters. The fourth-order valence-corrected chi connectivity index (χ4v) is 3.35. The first-order valence-electron chi connectivity index (χ1n) is 8.65. The molecular formula is C19H25N3O2. The van der Waals surface area contributed by atoms with Gasteiger partial charge in [0.15, 0.2) is 5.76 Å². The molecule has 1 aliphatic rings. The van der Waals surface area contributed by atoms with Crippen LogP contribution in [0.3, 0.4) is 0 Å². The highest BCUT2D eigenvalue weighted by Crippen LogP contribution is 2.31. The molecule has 1 amide bonds. The maximum absolute atomic E-state index is 11.1. The molecular weight excluding hydrogens is 302 g/mol. The first-order valence-corrected chi connectivity index (χ1v) is 8.65. The van der Waals surface area contributed by atoms with Crippen molar-refractivity contribution in [1.82, 2.24) is 10.1 Å². The van der Waals surface area contributed by atoms with Gasteiger partial charge in [0.1, 0.15) is 0 Å². The van der Waals surface area contributed by atoms with E-state index in [1.807, 2.05) is 19.1 Å². The van der Waals surface area contributed by atoms with Crippen molar-refractivity contribution in [3.05, 3.63) is 47.3 Å². The number of nitrogens with zero attached hydrogens (tertiary/aromatic N) is 2. The molecule has 1 aliphatic heterocycles. The highest BCUT2D eigenvalue weighted by atomic mass is 16.5. The Morgan fingerprint density at radius 2 is 2.08 bits per heavy atom. The Morgan fingerprint density at radius 1 is 1.29 bits per heavy atom.